The zero-order valence-corrected chi connectivity index (χ0v) is 15.6. The molecule has 0 aromatic heterocycles. The summed E-state index contributed by atoms with van der Waals surface area (Å²) in [5, 5.41) is 17.5. The summed E-state index contributed by atoms with van der Waals surface area (Å²) in [6, 6.07) is 19.1. The lowest BCUT2D eigenvalue weighted by Crippen LogP contribution is -2.28. The molecule has 140 valence electrons. The van der Waals surface area contributed by atoms with Gasteiger partial charge in [-0.15, -0.1) is 0 Å². The van der Waals surface area contributed by atoms with Gasteiger partial charge in [-0.2, -0.15) is 0 Å². The molecule has 27 heavy (non-hydrogen) atoms. The normalized spacial score (nSPS) is 18.1. The first kappa shape index (κ1) is 20.2. The van der Waals surface area contributed by atoms with Crippen molar-refractivity contribution in [2.75, 3.05) is 0 Å². The van der Waals surface area contributed by atoms with E-state index in [-0.39, 0.29) is 12.0 Å². The van der Waals surface area contributed by atoms with Crippen LogP contribution < -0.4 is 0 Å². The van der Waals surface area contributed by atoms with Crippen LogP contribution in [0.4, 0.5) is 0 Å². The predicted octanol–water partition coefficient (Wildman–Crippen LogP) is 4.63. The van der Waals surface area contributed by atoms with Crippen LogP contribution in [-0.2, 0) is 16.0 Å². The van der Waals surface area contributed by atoms with Crippen LogP contribution in [-0.4, -0.2) is 22.2 Å². The molecular weight excluding hydrogens is 340 g/mol. The topological polar surface area (TPSA) is 74.6 Å². The van der Waals surface area contributed by atoms with Gasteiger partial charge in [0, 0.05) is 5.57 Å². The zero-order valence-electron chi connectivity index (χ0n) is 15.6. The molecule has 1 aliphatic rings. The molecule has 4 heteroatoms. The van der Waals surface area contributed by atoms with Crippen LogP contribution in [0.1, 0.15) is 30.0 Å². The first-order chi connectivity index (χ1) is 12.8. The fourth-order valence-corrected chi connectivity index (χ4v) is 2.81. The van der Waals surface area contributed by atoms with Gasteiger partial charge in [0.1, 0.15) is 0 Å². The average molecular weight is 364 g/mol. The highest BCUT2D eigenvalue weighted by Crippen LogP contribution is 2.31. The average Bonchev–Trinajstić information content (AvgIpc) is 2.65. The molecule has 0 radical (unpaired) electrons. The lowest BCUT2D eigenvalue weighted by Gasteiger charge is -2.23. The van der Waals surface area contributed by atoms with Crippen molar-refractivity contribution in [3.05, 3.63) is 95.1 Å². The Morgan fingerprint density at radius 2 is 1.63 bits per heavy atom. The maximum absolute atomic E-state index is 10.8. The summed E-state index contributed by atoms with van der Waals surface area (Å²) in [6.45, 7) is 3.67. The highest BCUT2D eigenvalue weighted by atomic mass is 16.4. The number of carboxylic acids is 2. The molecule has 3 rings (SSSR count). The van der Waals surface area contributed by atoms with Crippen LogP contribution in [0.5, 0.6) is 0 Å². The number of hydrogen-bond acceptors (Lipinski definition) is 2. The SMILES string of the molecule is CC1(C(=O)O)C=CC=C(C(=O)O)C1.Cc1ccccc1Cc1ccccc1. The van der Waals surface area contributed by atoms with E-state index >= 15 is 0 Å². The van der Waals surface area contributed by atoms with E-state index in [1.165, 1.54) is 41.8 Å². The minimum absolute atomic E-state index is 0.0359. The largest absolute Gasteiger partial charge is 0.481 e. The quantitative estimate of drug-likeness (QED) is 0.829. The minimum atomic E-state index is -1.08. The number of aryl methyl sites for hydroxylation is 1. The van der Waals surface area contributed by atoms with E-state index in [2.05, 4.69) is 61.5 Å². The van der Waals surface area contributed by atoms with Gasteiger partial charge in [-0.1, -0.05) is 72.8 Å². The molecule has 0 saturated carbocycles. The van der Waals surface area contributed by atoms with Crippen LogP contribution in [0.25, 0.3) is 0 Å². The van der Waals surface area contributed by atoms with Crippen LogP contribution >= 0.6 is 0 Å². The van der Waals surface area contributed by atoms with Crippen LogP contribution in [0.15, 0.2) is 78.4 Å². The summed E-state index contributed by atoms with van der Waals surface area (Å²) in [7, 11) is 0. The highest BCUT2D eigenvalue weighted by Gasteiger charge is 2.34. The number of carbonyl (C=O) groups is 2. The van der Waals surface area contributed by atoms with Crippen LogP contribution in [0.3, 0.4) is 0 Å². The van der Waals surface area contributed by atoms with Gasteiger partial charge in [0.05, 0.1) is 5.41 Å². The van der Waals surface area contributed by atoms with Gasteiger partial charge < -0.3 is 10.2 Å². The van der Waals surface area contributed by atoms with E-state index in [1.807, 2.05) is 0 Å². The van der Waals surface area contributed by atoms with Crippen molar-refractivity contribution in [2.45, 2.75) is 26.7 Å². The Morgan fingerprint density at radius 3 is 2.22 bits per heavy atom. The Bertz CT molecular complexity index is 865. The van der Waals surface area contributed by atoms with E-state index in [9.17, 15) is 9.59 Å². The molecule has 4 nitrogen and oxygen atoms in total. The second-order valence-electron chi connectivity index (χ2n) is 6.84. The van der Waals surface area contributed by atoms with E-state index < -0.39 is 17.4 Å². The highest BCUT2D eigenvalue weighted by molar-refractivity contribution is 5.90. The molecule has 0 bridgehead atoms. The van der Waals surface area contributed by atoms with Crippen LogP contribution in [0, 0.1) is 12.3 Å². The zero-order chi connectivity index (χ0) is 19.9. The van der Waals surface area contributed by atoms with Crippen molar-refractivity contribution in [3.63, 3.8) is 0 Å². The Hall–Kier alpha value is -3.14. The molecule has 1 atom stereocenters. The molecule has 2 aromatic rings. The maximum atomic E-state index is 10.8. The fourth-order valence-electron chi connectivity index (χ4n) is 2.81. The summed E-state index contributed by atoms with van der Waals surface area (Å²) < 4.78 is 0. The Kier molecular flexibility index (Phi) is 6.72. The molecular formula is C23H24O4. The maximum Gasteiger partial charge on any atom is 0.331 e. The summed E-state index contributed by atoms with van der Waals surface area (Å²) in [5.74, 6) is -2.06. The first-order valence-electron chi connectivity index (χ1n) is 8.75. The van der Waals surface area contributed by atoms with E-state index in [0.29, 0.717) is 0 Å². The van der Waals surface area contributed by atoms with Gasteiger partial charge >= 0.3 is 11.9 Å². The molecule has 1 unspecified atom stereocenters. The van der Waals surface area contributed by atoms with Gasteiger partial charge in [0.25, 0.3) is 0 Å². The lowest BCUT2D eigenvalue weighted by molar-refractivity contribution is -0.145. The van der Waals surface area contributed by atoms with Crippen molar-refractivity contribution in [1.82, 2.24) is 0 Å². The molecule has 0 spiro atoms. The summed E-state index contributed by atoms with van der Waals surface area (Å²) in [4.78, 5) is 21.3. The van der Waals surface area contributed by atoms with Gasteiger partial charge in [-0.25, -0.2) is 4.79 Å². The predicted molar refractivity (Wildman–Crippen MR) is 106 cm³/mol. The molecule has 2 N–H and O–H groups in total. The molecule has 0 aliphatic heterocycles. The van der Waals surface area contributed by atoms with Crippen LogP contribution in [0.2, 0.25) is 0 Å². The molecule has 0 saturated heterocycles. The molecule has 0 fully saturated rings. The molecule has 1 aliphatic carbocycles. The number of rotatable bonds is 4. The van der Waals surface area contributed by atoms with E-state index in [0.717, 1.165) is 6.42 Å². The Balaban J connectivity index is 0.000000194. The lowest BCUT2D eigenvalue weighted by atomic mass is 9.80. The Morgan fingerprint density at radius 1 is 1.00 bits per heavy atom. The number of carboxylic acid groups (broad SMARTS) is 2. The molecule has 2 aromatic carbocycles. The smallest absolute Gasteiger partial charge is 0.331 e. The van der Waals surface area contributed by atoms with E-state index in [4.69, 9.17) is 10.2 Å². The minimum Gasteiger partial charge on any atom is -0.481 e. The standard InChI is InChI=1S/C14H14.C9H10O4/c1-12-7-5-6-10-14(12)11-13-8-3-2-4-9-13;1-9(8(12)13)4-2-3-6(5-9)7(10)11/h2-10H,11H2,1H3;2-4H,5H2,1H3,(H,10,11)(H,12,13). The summed E-state index contributed by atoms with van der Waals surface area (Å²) in [5.41, 5.74) is 3.21. The Labute approximate surface area is 159 Å². The monoisotopic (exact) mass is 364 g/mol. The number of hydrogen-bond donors (Lipinski definition) is 2. The second-order valence-corrected chi connectivity index (χ2v) is 6.84. The molecule has 0 amide bonds. The van der Waals surface area contributed by atoms with E-state index in [1.54, 1.807) is 0 Å². The van der Waals surface area contributed by atoms with Crippen molar-refractivity contribution in [3.8, 4) is 0 Å². The van der Waals surface area contributed by atoms with Gasteiger partial charge in [-0.3, -0.25) is 4.79 Å². The molecule has 0 heterocycles. The number of aliphatic carboxylic acids is 2. The number of allylic oxidation sites excluding steroid dienone is 2. The first-order valence-corrected chi connectivity index (χ1v) is 8.75. The van der Waals surface area contributed by atoms with Gasteiger partial charge in [0.15, 0.2) is 0 Å². The van der Waals surface area contributed by atoms with Crippen molar-refractivity contribution >= 4 is 11.9 Å². The number of benzene rings is 2. The van der Waals surface area contributed by atoms with Gasteiger partial charge in [0.2, 0.25) is 0 Å². The third-order valence-electron chi connectivity index (χ3n) is 4.58. The van der Waals surface area contributed by atoms with Gasteiger partial charge in [-0.05, 0) is 43.4 Å². The summed E-state index contributed by atoms with van der Waals surface area (Å²) >= 11 is 0. The second kappa shape index (κ2) is 8.99. The summed E-state index contributed by atoms with van der Waals surface area (Å²) in [6.07, 6.45) is 5.47. The third-order valence-corrected chi connectivity index (χ3v) is 4.58. The van der Waals surface area contributed by atoms with Crippen molar-refractivity contribution in [2.24, 2.45) is 5.41 Å². The fraction of sp³-hybridized carbons (Fsp3) is 0.217. The van der Waals surface area contributed by atoms with Crippen molar-refractivity contribution < 1.29 is 19.8 Å². The third kappa shape index (κ3) is 5.68. The van der Waals surface area contributed by atoms with Crippen molar-refractivity contribution in [1.29, 1.82) is 0 Å².